The van der Waals surface area contributed by atoms with Crippen molar-refractivity contribution in [3.05, 3.63) is 29.8 Å². The van der Waals surface area contributed by atoms with E-state index in [2.05, 4.69) is 6.92 Å². The molecular weight excluding hydrogens is 332 g/mol. The predicted molar refractivity (Wildman–Crippen MR) is 97.5 cm³/mol. The molecule has 0 aliphatic carbocycles. The highest BCUT2D eigenvalue weighted by Gasteiger charge is 2.26. The van der Waals surface area contributed by atoms with Crippen molar-refractivity contribution in [1.29, 1.82) is 0 Å². The van der Waals surface area contributed by atoms with Gasteiger partial charge in [-0.15, -0.1) is 10.3 Å². The fourth-order valence-corrected chi connectivity index (χ4v) is 6.06. The molecule has 0 unspecified atom stereocenters. The molecule has 0 aliphatic rings. The third-order valence-corrected chi connectivity index (χ3v) is 7.46. The van der Waals surface area contributed by atoms with Crippen LogP contribution in [0.2, 0.25) is 0 Å². The first-order valence-electron chi connectivity index (χ1n) is 7.92. The Labute approximate surface area is 142 Å². The molecule has 0 saturated carbocycles. The molecule has 0 heterocycles. The van der Waals surface area contributed by atoms with Crippen LogP contribution < -0.4 is 0 Å². The number of benzene rings is 1. The third kappa shape index (κ3) is 7.50. The van der Waals surface area contributed by atoms with Gasteiger partial charge in [0, 0.05) is 6.42 Å². The summed E-state index contributed by atoms with van der Waals surface area (Å²) in [4.78, 5) is 12.2. The van der Waals surface area contributed by atoms with Gasteiger partial charge >= 0.3 is 10.1 Å². The van der Waals surface area contributed by atoms with E-state index < -0.39 is 20.4 Å². The van der Waals surface area contributed by atoms with Gasteiger partial charge in [0.2, 0.25) is 0 Å². The van der Waals surface area contributed by atoms with Crippen LogP contribution >= 0.6 is 10.3 Å². The lowest BCUT2D eigenvalue weighted by Gasteiger charge is -2.29. The van der Waals surface area contributed by atoms with Crippen molar-refractivity contribution in [3.63, 3.8) is 0 Å². The van der Waals surface area contributed by atoms with Gasteiger partial charge in [-0.1, -0.05) is 43.9 Å². The molecule has 23 heavy (non-hydrogen) atoms. The average Bonchev–Trinajstić information content (AvgIpc) is 2.42. The Morgan fingerprint density at radius 2 is 1.65 bits per heavy atom. The van der Waals surface area contributed by atoms with Crippen molar-refractivity contribution in [2.24, 2.45) is 0 Å². The molecule has 0 fully saturated rings. The highest BCUT2D eigenvalue weighted by atomic mass is 32.3. The van der Waals surface area contributed by atoms with Crippen LogP contribution in [-0.2, 0) is 18.5 Å². The molecule has 0 N–H and O–H groups in total. The van der Waals surface area contributed by atoms with Crippen LogP contribution in [0.4, 0.5) is 0 Å². The maximum atomic E-state index is 12.3. The number of hydrogen-bond acceptors (Lipinski definition) is 4. The van der Waals surface area contributed by atoms with Gasteiger partial charge in [-0.05, 0) is 38.0 Å². The molecule has 1 aromatic rings. The molecule has 132 valence electrons. The Morgan fingerprint density at radius 1 is 1.04 bits per heavy atom. The van der Waals surface area contributed by atoms with Gasteiger partial charge in [0.05, 0.1) is 10.6 Å². The lowest BCUT2D eigenvalue weighted by atomic mass is 10.1. The van der Waals surface area contributed by atoms with E-state index in [1.807, 2.05) is 6.92 Å². The molecule has 0 spiro atoms. The second-order valence-corrected chi connectivity index (χ2v) is 11.4. The van der Waals surface area contributed by atoms with Gasteiger partial charge in [-0.2, -0.15) is 8.42 Å². The molecule has 0 bridgehead atoms. The van der Waals surface area contributed by atoms with E-state index in [0.29, 0.717) is 6.42 Å². The monoisotopic (exact) mass is 360 g/mol. The summed E-state index contributed by atoms with van der Waals surface area (Å²) in [5.41, 5.74) is 0.984. The number of unbranched alkanes of at least 4 members (excludes halogenated alkanes) is 3. The number of aryl methyl sites for hydroxylation is 1. The number of ketones is 1. The van der Waals surface area contributed by atoms with Crippen LogP contribution in [-0.4, -0.2) is 32.5 Å². The Bertz CT molecular complexity index is 604. The molecule has 6 heteroatoms. The molecular formula is C17H28O4S2. The van der Waals surface area contributed by atoms with Gasteiger partial charge in [0.15, 0.2) is 0 Å². The van der Waals surface area contributed by atoms with Crippen LogP contribution in [0.15, 0.2) is 29.2 Å². The minimum absolute atomic E-state index is 0.0835. The van der Waals surface area contributed by atoms with Gasteiger partial charge in [-0.25, -0.2) is 3.63 Å². The molecule has 0 amide bonds. The lowest BCUT2D eigenvalue weighted by molar-refractivity contribution is -0.116. The predicted octanol–water partition coefficient (Wildman–Crippen LogP) is 4.22. The maximum absolute atomic E-state index is 12.3. The van der Waals surface area contributed by atoms with E-state index in [0.717, 1.165) is 31.2 Å². The topological polar surface area (TPSA) is 60.4 Å². The fraction of sp³-hybridized carbons (Fsp3) is 0.588. The molecule has 0 aromatic heterocycles. The van der Waals surface area contributed by atoms with Crippen LogP contribution in [0.1, 0.15) is 44.6 Å². The number of rotatable bonds is 10. The minimum Gasteiger partial charge on any atom is -0.299 e. The molecule has 0 radical (unpaired) electrons. The second kappa shape index (κ2) is 8.85. The Morgan fingerprint density at radius 3 is 2.22 bits per heavy atom. The zero-order valence-electron chi connectivity index (χ0n) is 14.5. The first-order chi connectivity index (χ1) is 10.7. The standard InChI is InChI=1S/C17H28O4S2/c1-5-6-7-8-9-16(18)14-22(3,4)21-23(19,20)17-12-10-15(2)11-13-17/h10-13H,5-9,14H2,1-4H3. The van der Waals surface area contributed by atoms with E-state index in [1.54, 1.807) is 24.6 Å². The first kappa shape index (κ1) is 20.2. The third-order valence-electron chi connectivity index (χ3n) is 3.40. The van der Waals surface area contributed by atoms with E-state index >= 15 is 0 Å². The van der Waals surface area contributed by atoms with Gasteiger partial charge in [0.1, 0.15) is 5.78 Å². The van der Waals surface area contributed by atoms with Crippen molar-refractivity contribution in [2.75, 3.05) is 18.3 Å². The van der Waals surface area contributed by atoms with Gasteiger partial charge < -0.3 is 0 Å². The maximum Gasteiger partial charge on any atom is 0.306 e. The van der Waals surface area contributed by atoms with Crippen molar-refractivity contribution in [2.45, 2.75) is 50.8 Å². The summed E-state index contributed by atoms with van der Waals surface area (Å²) < 4.78 is 30.0. The summed E-state index contributed by atoms with van der Waals surface area (Å²) in [6.45, 7) is 4.02. The normalized spacial score (nSPS) is 13.0. The highest BCUT2D eigenvalue weighted by molar-refractivity contribution is 8.32. The molecule has 0 aliphatic heterocycles. The summed E-state index contributed by atoms with van der Waals surface area (Å²) in [5.74, 6) is 0.268. The van der Waals surface area contributed by atoms with Gasteiger partial charge in [-0.3, -0.25) is 4.79 Å². The van der Waals surface area contributed by atoms with E-state index in [-0.39, 0.29) is 16.4 Å². The highest BCUT2D eigenvalue weighted by Crippen LogP contribution is 2.44. The lowest BCUT2D eigenvalue weighted by Crippen LogP contribution is -2.18. The van der Waals surface area contributed by atoms with Crippen molar-refractivity contribution < 1.29 is 16.8 Å². The summed E-state index contributed by atoms with van der Waals surface area (Å²) >= 11 is 0. The Balaban J connectivity index is 2.62. The van der Waals surface area contributed by atoms with Crippen molar-refractivity contribution >= 4 is 26.2 Å². The first-order valence-corrected chi connectivity index (χ1v) is 11.9. The largest absolute Gasteiger partial charge is 0.306 e. The van der Waals surface area contributed by atoms with Gasteiger partial charge in [0.25, 0.3) is 0 Å². The number of carbonyl (C=O) groups is 1. The molecule has 0 saturated heterocycles. The quantitative estimate of drug-likeness (QED) is 0.586. The van der Waals surface area contributed by atoms with Crippen LogP contribution in [0.3, 0.4) is 0 Å². The summed E-state index contributed by atoms with van der Waals surface area (Å²) in [7, 11) is -5.80. The average molecular weight is 361 g/mol. The van der Waals surface area contributed by atoms with Crippen LogP contribution in [0, 0.1) is 6.92 Å². The van der Waals surface area contributed by atoms with Crippen molar-refractivity contribution in [3.8, 4) is 0 Å². The van der Waals surface area contributed by atoms with E-state index in [1.165, 1.54) is 12.1 Å². The van der Waals surface area contributed by atoms with E-state index in [9.17, 15) is 13.2 Å². The minimum atomic E-state index is -3.82. The summed E-state index contributed by atoms with van der Waals surface area (Å²) in [6, 6.07) is 6.54. The Hall–Kier alpha value is -0.850. The molecule has 4 nitrogen and oxygen atoms in total. The van der Waals surface area contributed by atoms with Crippen LogP contribution in [0.5, 0.6) is 0 Å². The number of carbonyl (C=O) groups excluding carboxylic acids is 1. The second-order valence-electron chi connectivity index (χ2n) is 6.27. The number of Topliss-reactive ketones (excluding diaryl/α,β-unsaturated/α-hetero) is 1. The SMILES string of the molecule is CCCCCCC(=O)CS(C)(C)OS(=O)(=O)c1ccc(C)cc1. The zero-order chi connectivity index (χ0) is 17.5. The molecule has 0 atom stereocenters. The molecule has 1 aromatic carbocycles. The molecule has 1 rings (SSSR count). The van der Waals surface area contributed by atoms with E-state index in [4.69, 9.17) is 3.63 Å². The zero-order valence-corrected chi connectivity index (χ0v) is 16.1. The Kier molecular flexibility index (Phi) is 7.77. The van der Waals surface area contributed by atoms with Crippen molar-refractivity contribution in [1.82, 2.24) is 0 Å². The van der Waals surface area contributed by atoms with Crippen LogP contribution in [0.25, 0.3) is 0 Å². The summed E-state index contributed by atoms with van der Waals surface area (Å²) in [5, 5.41) is 0. The number of hydrogen-bond donors (Lipinski definition) is 0. The smallest absolute Gasteiger partial charge is 0.299 e. The summed E-state index contributed by atoms with van der Waals surface area (Å²) in [6.07, 6.45) is 8.12. The fourth-order valence-electron chi connectivity index (χ4n) is 2.22.